The van der Waals surface area contributed by atoms with Crippen molar-refractivity contribution in [3.63, 3.8) is 0 Å². The van der Waals surface area contributed by atoms with Crippen LogP contribution in [0, 0.1) is 34.5 Å². The van der Waals surface area contributed by atoms with Crippen molar-refractivity contribution in [3.05, 3.63) is 12.2 Å². The molecule has 1 unspecified atom stereocenters. The standard InChI is InChI=1S/C15H19NO2/c1-18-13(17)16-7-14-10-4-2-3-9(10)11-5-6-12(14)15(11,14)8-16/h5-6,9-12H,2-4,7-8H2,1H3/t9-,10+,11-,12?,14-,15+/m0/s1. The quantitative estimate of drug-likeness (QED) is 0.613. The summed E-state index contributed by atoms with van der Waals surface area (Å²) in [5.41, 5.74) is 0.902. The molecule has 1 aliphatic heterocycles. The van der Waals surface area contributed by atoms with E-state index in [-0.39, 0.29) is 6.09 Å². The Bertz CT molecular complexity index is 487. The molecule has 0 aromatic carbocycles. The highest BCUT2D eigenvalue weighted by Crippen LogP contribution is 2.90. The largest absolute Gasteiger partial charge is 0.453 e. The van der Waals surface area contributed by atoms with Gasteiger partial charge in [-0.15, -0.1) is 0 Å². The van der Waals surface area contributed by atoms with Gasteiger partial charge in [-0.3, -0.25) is 0 Å². The van der Waals surface area contributed by atoms with Crippen molar-refractivity contribution in [2.24, 2.45) is 34.5 Å². The van der Waals surface area contributed by atoms with Crippen molar-refractivity contribution < 1.29 is 9.53 Å². The van der Waals surface area contributed by atoms with Gasteiger partial charge in [-0.05, 0) is 36.5 Å². The third kappa shape index (κ3) is 0.697. The summed E-state index contributed by atoms with van der Waals surface area (Å²) in [6, 6.07) is 0. The second-order valence-electron chi connectivity index (χ2n) is 7.00. The summed E-state index contributed by atoms with van der Waals surface area (Å²) < 4.78 is 4.93. The van der Waals surface area contributed by atoms with E-state index >= 15 is 0 Å². The van der Waals surface area contributed by atoms with E-state index in [0.717, 1.165) is 36.8 Å². The highest BCUT2D eigenvalue weighted by atomic mass is 16.5. The molecule has 6 atom stereocenters. The minimum absolute atomic E-state index is 0.114. The highest BCUT2D eigenvalue weighted by molar-refractivity contribution is 5.70. The van der Waals surface area contributed by atoms with Crippen LogP contribution in [0.15, 0.2) is 12.2 Å². The Hall–Kier alpha value is -0.990. The molecule has 3 heteroatoms. The van der Waals surface area contributed by atoms with E-state index in [9.17, 15) is 4.79 Å². The van der Waals surface area contributed by atoms with Gasteiger partial charge in [0.1, 0.15) is 0 Å². The van der Waals surface area contributed by atoms with Gasteiger partial charge in [0.2, 0.25) is 0 Å². The minimum atomic E-state index is -0.114. The molecule has 5 aliphatic rings. The van der Waals surface area contributed by atoms with Gasteiger partial charge in [0, 0.05) is 23.9 Å². The second kappa shape index (κ2) is 2.63. The first-order chi connectivity index (χ1) is 8.75. The molecule has 0 bridgehead atoms. The van der Waals surface area contributed by atoms with E-state index < -0.39 is 0 Å². The number of fused-ring (bicyclic) bond motifs is 2. The number of carbonyl (C=O) groups is 1. The molecule has 18 heavy (non-hydrogen) atoms. The van der Waals surface area contributed by atoms with E-state index in [2.05, 4.69) is 12.2 Å². The lowest BCUT2D eigenvalue weighted by atomic mass is 9.81. The number of rotatable bonds is 0. The summed E-state index contributed by atoms with van der Waals surface area (Å²) >= 11 is 0. The van der Waals surface area contributed by atoms with E-state index in [4.69, 9.17) is 4.74 Å². The van der Waals surface area contributed by atoms with Gasteiger partial charge in [0.05, 0.1) is 7.11 Å². The average molecular weight is 245 g/mol. The lowest BCUT2D eigenvalue weighted by molar-refractivity contribution is 0.106. The van der Waals surface area contributed by atoms with Crippen molar-refractivity contribution >= 4 is 6.09 Å². The molecule has 0 aromatic rings. The lowest BCUT2D eigenvalue weighted by Crippen LogP contribution is -2.38. The van der Waals surface area contributed by atoms with Crippen LogP contribution in [0.3, 0.4) is 0 Å². The van der Waals surface area contributed by atoms with Crippen LogP contribution in [0.4, 0.5) is 4.79 Å². The molecule has 5 rings (SSSR count). The molecule has 96 valence electrons. The summed E-state index contributed by atoms with van der Waals surface area (Å²) in [5.74, 6) is 3.37. The van der Waals surface area contributed by atoms with Crippen LogP contribution in [0.2, 0.25) is 0 Å². The summed E-state index contributed by atoms with van der Waals surface area (Å²) in [6.07, 6.45) is 9.08. The van der Waals surface area contributed by atoms with Gasteiger partial charge in [0.25, 0.3) is 0 Å². The van der Waals surface area contributed by atoms with Gasteiger partial charge in [-0.1, -0.05) is 18.6 Å². The predicted molar refractivity (Wildman–Crippen MR) is 65.8 cm³/mol. The Balaban J connectivity index is 1.58. The second-order valence-corrected chi connectivity index (χ2v) is 7.00. The Morgan fingerprint density at radius 3 is 2.94 bits per heavy atom. The fourth-order valence-corrected chi connectivity index (χ4v) is 6.77. The van der Waals surface area contributed by atoms with E-state index in [1.165, 1.54) is 26.4 Å². The van der Waals surface area contributed by atoms with Crippen LogP contribution in [0.1, 0.15) is 19.3 Å². The Morgan fingerprint density at radius 1 is 1.28 bits per heavy atom. The molecule has 4 fully saturated rings. The van der Waals surface area contributed by atoms with E-state index in [0.29, 0.717) is 10.8 Å². The maximum absolute atomic E-state index is 11.8. The maximum Gasteiger partial charge on any atom is 0.409 e. The molecule has 4 aliphatic carbocycles. The van der Waals surface area contributed by atoms with Crippen molar-refractivity contribution in [1.29, 1.82) is 0 Å². The highest BCUT2D eigenvalue weighted by Gasteiger charge is 2.90. The summed E-state index contributed by atoms with van der Waals surface area (Å²) in [6.45, 7) is 1.92. The Kier molecular flexibility index (Phi) is 1.45. The normalized spacial score (nSPS) is 57.5. The Morgan fingerprint density at radius 2 is 2.11 bits per heavy atom. The number of allylic oxidation sites excluding steroid dienone is 2. The van der Waals surface area contributed by atoms with E-state index in [1.54, 1.807) is 0 Å². The first kappa shape index (κ1) is 9.88. The van der Waals surface area contributed by atoms with Crippen LogP contribution < -0.4 is 0 Å². The number of carbonyl (C=O) groups excluding carboxylic acids is 1. The SMILES string of the molecule is COC(=O)N1C[C@]23C4C=C[C@H]2[C@H]2CCC[C@H]2[C@@]43C1. The van der Waals surface area contributed by atoms with Gasteiger partial charge < -0.3 is 9.64 Å². The number of methoxy groups -OCH3 is 1. The van der Waals surface area contributed by atoms with Crippen molar-refractivity contribution in [1.82, 2.24) is 4.90 Å². The molecule has 0 N–H and O–H groups in total. The zero-order chi connectivity index (χ0) is 12.1. The van der Waals surface area contributed by atoms with Gasteiger partial charge in [-0.25, -0.2) is 4.79 Å². The molecular formula is C15H19NO2. The molecule has 1 heterocycles. The summed E-state index contributed by atoms with van der Waals surface area (Å²) in [7, 11) is 1.50. The zero-order valence-corrected chi connectivity index (χ0v) is 10.8. The first-order valence-corrected chi connectivity index (χ1v) is 7.27. The molecule has 3 saturated carbocycles. The van der Waals surface area contributed by atoms with E-state index in [1.807, 2.05) is 4.90 Å². The fourth-order valence-electron chi connectivity index (χ4n) is 6.77. The molecule has 0 aromatic heterocycles. The number of hydrogen-bond acceptors (Lipinski definition) is 2. The summed E-state index contributed by atoms with van der Waals surface area (Å²) in [5, 5.41) is 0. The molecule has 1 amide bonds. The average Bonchev–Trinajstić information content (AvgIpc) is 2.90. The van der Waals surface area contributed by atoms with Crippen molar-refractivity contribution in [2.75, 3.05) is 20.2 Å². The van der Waals surface area contributed by atoms with Gasteiger partial charge in [0.15, 0.2) is 0 Å². The van der Waals surface area contributed by atoms with Crippen LogP contribution in [-0.4, -0.2) is 31.2 Å². The topological polar surface area (TPSA) is 29.5 Å². The molecule has 1 saturated heterocycles. The van der Waals surface area contributed by atoms with Gasteiger partial charge in [-0.2, -0.15) is 0 Å². The molecular weight excluding hydrogens is 226 g/mol. The number of piperidine rings is 1. The lowest BCUT2D eigenvalue weighted by Gasteiger charge is -2.31. The van der Waals surface area contributed by atoms with Crippen LogP contribution >= 0.6 is 0 Å². The maximum atomic E-state index is 11.8. The minimum Gasteiger partial charge on any atom is -0.453 e. The monoisotopic (exact) mass is 245 g/mol. The number of likely N-dealkylation sites (tertiary alicyclic amines) is 1. The van der Waals surface area contributed by atoms with Crippen molar-refractivity contribution in [3.8, 4) is 0 Å². The predicted octanol–water partition coefficient (Wildman–Crippen LogP) is 2.29. The van der Waals surface area contributed by atoms with Crippen LogP contribution in [-0.2, 0) is 4.74 Å². The first-order valence-electron chi connectivity index (χ1n) is 7.27. The number of hydrogen-bond donors (Lipinski definition) is 0. The molecule has 1 spiro atoms. The third-order valence-electron chi connectivity index (χ3n) is 7.03. The fraction of sp³-hybridized carbons (Fsp3) is 0.800. The van der Waals surface area contributed by atoms with Crippen molar-refractivity contribution in [2.45, 2.75) is 19.3 Å². The Labute approximate surface area is 107 Å². The van der Waals surface area contributed by atoms with Crippen LogP contribution in [0.25, 0.3) is 0 Å². The molecule has 0 radical (unpaired) electrons. The summed E-state index contributed by atoms with van der Waals surface area (Å²) in [4.78, 5) is 13.8. The number of amides is 1. The van der Waals surface area contributed by atoms with Crippen LogP contribution in [0.5, 0.6) is 0 Å². The molecule has 3 nitrogen and oxygen atoms in total. The smallest absolute Gasteiger partial charge is 0.409 e. The zero-order valence-electron chi connectivity index (χ0n) is 10.8. The third-order valence-corrected chi connectivity index (χ3v) is 7.03. The number of ether oxygens (including phenoxy) is 1. The number of nitrogens with zero attached hydrogens (tertiary/aromatic N) is 1. The van der Waals surface area contributed by atoms with Gasteiger partial charge >= 0.3 is 6.09 Å².